The fraction of sp³-hybridized carbons (Fsp3) is 0.211. The lowest BCUT2D eigenvalue weighted by atomic mass is 10.2. The largest absolute Gasteiger partial charge is 0.433 e. The third-order valence-corrected chi connectivity index (χ3v) is 6.35. The van der Waals surface area contributed by atoms with Crippen molar-refractivity contribution in [2.75, 3.05) is 23.4 Å². The average molecular weight is 491 g/mol. The van der Waals surface area contributed by atoms with Gasteiger partial charge in [0.25, 0.3) is 5.91 Å². The first kappa shape index (κ1) is 22.2. The molecule has 2 aromatic heterocycles. The molecular weight excluding hydrogens is 479 g/mol. The van der Waals surface area contributed by atoms with Crippen molar-refractivity contribution < 1.29 is 31.5 Å². The summed E-state index contributed by atoms with van der Waals surface area (Å²) in [5.41, 5.74) is -1.43. The van der Waals surface area contributed by atoms with Crippen LogP contribution in [0.15, 0.2) is 30.5 Å². The van der Waals surface area contributed by atoms with Gasteiger partial charge in [0.2, 0.25) is 0 Å². The van der Waals surface area contributed by atoms with Gasteiger partial charge in [-0.2, -0.15) is 13.2 Å². The summed E-state index contributed by atoms with van der Waals surface area (Å²) in [6.07, 6.45) is -3.70. The molecule has 1 N–H and O–H groups in total. The second-order valence-electron chi connectivity index (χ2n) is 6.82. The zero-order valence-electron chi connectivity index (χ0n) is 16.0. The Bertz CT molecular complexity index is 1250. The van der Waals surface area contributed by atoms with Crippen LogP contribution in [-0.4, -0.2) is 36.6 Å². The number of nitrogens with zero attached hydrogens (tertiary/aromatic N) is 3. The van der Waals surface area contributed by atoms with Crippen LogP contribution < -0.4 is 15.1 Å². The van der Waals surface area contributed by atoms with Crippen molar-refractivity contribution in [2.24, 2.45) is 0 Å². The number of fused-ring (bicyclic) bond motifs is 1. The van der Waals surface area contributed by atoms with Crippen LogP contribution in [0.1, 0.15) is 5.69 Å². The number of alkyl halides is 3. The summed E-state index contributed by atoms with van der Waals surface area (Å²) in [7, 11) is 1.21. The van der Waals surface area contributed by atoms with Gasteiger partial charge in [-0.15, -0.1) is 11.3 Å². The van der Waals surface area contributed by atoms with Crippen LogP contribution in [0.3, 0.4) is 0 Å². The van der Waals surface area contributed by atoms with E-state index in [1.807, 2.05) is 0 Å². The number of aromatic nitrogens is 1. The van der Waals surface area contributed by atoms with Crippen molar-refractivity contribution in [1.29, 1.82) is 0 Å². The maximum Gasteiger partial charge on any atom is 0.433 e. The third-order valence-electron chi connectivity index (χ3n) is 4.91. The number of halogens is 6. The molecule has 1 fully saturated rings. The number of rotatable bonds is 3. The molecule has 1 aliphatic rings. The Balaban J connectivity index is 1.72. The summed E-state index contributed by atoms with van der Waals surface area (Å²) < 4.78 is 67.9. The van der Waals surface area contributed by atoms with Crippen molar-refractivity contribution >= 4 is 55.7 Å². The molecule has 0 bridgehead atoms. The number of pyridine rings is 1. The lowest BCUT2D eigenvalue weighted by Gasteiger charge is -2.26. The molecule has 4 rings (SSSR count). The first-order chi connectivity index (χ1) is 15.0. The normalized spacial score (nSPS) is 16.5. The Labute approximate surface area is 186 Å². The summed E-state index contributed by atoms with van der Waals surface area (Å²) in [6.45, 7) is -0.169. The van der Waals surface area contributed by atoms with Gasteiger partial charge < -0.3 is 10.2 Å². The van der Waals surface area contributed by atoms with Gasteiger partial charge in [-0.3, -0.25) is 14.7 Å². The van der Waals surface area contributed by atoms with E-state index in [1.54, 1.807) is 0 Å². The number of benzene rings is 1. The van der Waals surface area contributed by atoms with E-state index >= 15 is 0 Å². The second kappa shape index (κ2) is 7.85. The van der Waals surface area contributed by atoms with E-state index < -0.39 is 46.5 Å². The minimum atomic E-state index is -4.71. The summed E-state index contributed by atoms with van der Waals surface area (Å²) in [4.78, 5) is 30.8. The SMILES string of the molecule is CN(C(=O)C1CNC(=O)N1c1cc2c(C(F)(F)F)nccc2s1)c1ccc(F)c(Cl)c1F. The number of nitrogens with one attached hydrogen (secondary N) is 1. The predicted molar refractivity (Wildman–Crippen MR) is 109 cm³/mol. The number of anilines is 2. The highest BCUT2D eigenvalue weighted by Crippen LogP contribution is 2.41. The third kappa shape index (κ3) is 3.62. The average Bonchev–Trinajstić information content (AvgIpc) is 3.33. The molecule has 3 amide bonds. The van der Waals surface area contributed by atoms with Crippen LogP contribution in [0.25, 0.3) is 10.1 Å². The molecule has 0 radical (unpaired) electrons. The predicted octanol–water partition coefficient (Wildman–Crippen LogP) is 4.81. The first-order valence-electron chi connectivity index (χ1n) is 8.94. The topological polar surface area (TPSA) is 65.5 Å². The van der Waals surface area contributed by atoms with E-state index in [0.717, 1.165) is 45.5 Å². The summed E-state index contributed by atoms with van der Waals surface area (Å²) in [5, 5.41) is 1.53. The van der Waals surface area contributed by atoms with Crippen molar-refractivity contribution in [3.63, 3.8) is 0 Å². The molecule has 1 aliphatic heterocycles. The molecule has 168 valence electrons. The van der Waals surface area contributed by atoms with Crippen LogP contribution in [-0.2, 0) is 11.0 Å². The Kier molecular flexibility index (Phi) is 5.45. The lowest BCUT2D eigenvalue weighted by Crippen LogP contribution is -2.46. The van der Waals surface area contributed by atoms with Gasteiger partial charge in [0.05, 0.1) is 5.69 Å². The molecule has 1 atom stereocenters. The van der Waals surface area contributed by atoms with Gasteiger partial charge in [-0.1, -0.05) is 11.6 Å². The number of hydrogen-bond donors (Lipinski definition) is 1. The van der Waals surface area contributed by atoms with E-state index in [2.05, 4.69) is 10.3 Å². The summed E-state index contributed by atoms with van der Waals surface area (Å²) >= 11 is 6.45. The summed E-state index contributed by atoms with van der Waals surface area (Å²) in [6, 6.07) is 2.51. The molecule has 1 saturated heterocycles. The van der Waals surface area contributed by atoms with Gasteiger partial charge in [0, 0.05) is 29.9 Å². The molecule has 32 heavy (non-hydrogen) atoms. The van der Waals surface area contributed by atoms with Gasteiger partial charge in [-0.25, -0.2) is 13.6 Å². The van der Waals surface area contributed by atoms with E-state index in [-0.39, 0.29) is 27.3 Å². The number of carbonyl (C=O) groups excluding carboxylic acids is 2. The maximum atomic E-state index is 14.4. The van der Waals surface area contributed by atoms with Crippen molar-refractivity contribution in [3.8, 4) is 0 Å². The van der Waals surface area contributed by atoms with E-state index in [4.69, 9.17) is 11.6 Å². The molecule has 3 aromatic rings. The van der Waals surface area contributed by atoms with Crippen molar-refractivity contribution in [3.05, 3.63) is 52.8 Å². The van der Waals surface area contributed by atoms with Crippen LogP contribution >= 0.6 is 22.9 Å². The highest BCUT2D eigenvalue weighted by molar-refractivity contribution is 7.23. The minimum absolute atomic E-state index is 0.0814. The van der Waals surface area contributed by atoms with Crippen LogP contribution in [0.5, 0.6) is 0 Å². The standard InChI is InChI=1S/C19H12ClF5N4O2S/c1-28(10-3-2-9(21)14(20)15(10)22)17(30)11-7-27-18(31)29(11)13-6-8-12(32-13)4-5-26-16(8)19(23,24)25/h2-6,11H,7H2,1H3,(H,27,31). The van der Waals surface area contributed by atoms with Gasteiger partial charge in [0.1, 0.15) is 21.9 Å². The van der Waals surface area contributed by atoms with Crippen molar-refractivity contribution in [1.82, 2.24) is 10.3 Å². The van der Waals surface area contributed by atoms with E-state index in [1.165, 1.54) is 13.1 Å². The quantitative estimate of drug-likeness (QED) is 0.423. The molecule has 0 saturated carbocycles. The molecular formula is C19H12ClF5N4O2S. The van der Waals surface area contributed by atoms with Gasteiger partial charge in [-0.05, 0) is 24.3 Å². The van der Waals surface area contributed by atoms with E-state index in [0.29, 0.717) is 0 Å². The highest BCUT2D eigenvalue weighted by Gasteiger charge is 2.41. The Morgan fingerprint density at radius 3 is 2.72 bits per heavy atom. The highest BCUT2D eigenvalue weighted by atomic mass is 35.5. The molecule has 1 aromatic carbocycles. The molecule has 6 nitrogen and oxygen atoms in total. The summed E-state index contributed by atoms with van der Waals surface area (Å²) in [5.74, 6) is -2.92. The van der Waals surface area contributed by atoms with Crippen LogP contribution in [0, 0.1) is 11.6 Å². The fourth-order valence-corrected chi connectivity index (χ4v) is 4.63. The maximum absolute atomic E-state index is 14.4. The number of carbonyl (C=O) groups is 2. The Hall–Kier alpha value is -2.99. The smallest absolute Gasteiger partial charge is 0.335 e. The number of likely N-dealkylation sites (N-methyl/N-ethyl adjacent to an activating group) is 1. The number of amides is 3. The molecule has 1 unspecified atom stereocenters. The Morgan fingerprint density at radius 1 is 1.31 bits per heavy atom. The van der Waals surface area contributed by atoms with Crippen molar-refractivity contribution in [2.45, 2.75) is 12.2 Å². The minimum Gasteiger partial charge on any atom is -0.335 e. The number of thiophene rings is 1. The Morgan fingerprint density at radius 2 is 2.03 bits per heavy atom. The van der Waals surface area contributed by atoms with E-state index in [9.17, 15) is 31.5 Å². The van der Waals surface area contributed by atoms with Crippen LogP contribution in [0.2, 0.25) is 5.02 Å². The first-order valence-corrected chi connectivity index (χ1v) is 10.1. The fourth-order valence-electron chi connectivity index (χ4n) is 3.36. The monoisotopic (exact) mass is 490 g/mol. The molecule has 3 heterocycles. The molecule has 0 spiro atoms. The number of hydrogen-bond acceptors (Lipinski definition) is 4. The number of urea groups is 1. The molecule has 13 heteroatoms. The lowest BCUT2D eigenvalue weighted by molar-refractivity contribution is -0.139. The zero-order chi connectivity index (χ0) is 23.4. The van der Waals surface area contributed by atoms with Gasteiger partial charge >= 0.3 is 12.2 Å². The second-order valence-corrected chi connectivity index (χ2v) is 8.26. The van der Waals surface area contributed by atoms with Crippen LogP contribution in [0.4, 0.5) is 37.4 Å². The van der Waals surface area contributed by atoms with Gasteiger partial charge in [0.15, 0.2) is 11.5 Å². The zero-order valence-corrected chi connectivity index (χ0v) is 17.6. The molecule has 0 aliphatic carbocycles.